The van der Waals surface area contributed by atoms with Crippen molar-refractivity contribution in [3.05, 3.63) is 71.8 Å². The van der Waals surface area contributed by atoms with Crippen LogP contribution in [0.25, 0.3) is 0 Å². The van der Waals surface area contributed by atoms with Crippen molar-refractivity contribution in [1.82, 2.24) is 4.90 Å². The Morgan fingerprint density at radius 2 is 1.56 bits per heavy atom. The van der Waals surface area contributed by atoms with Crippen LogP contribution in [0.5, 0.6) is 0 Å². The number of carboxylic acid groups (broad SMARTS) is 1. The zero-order chi connectivity index (χ0) is 17.4. The minimum atomic E-state index is -1.16. The second-order valence-corrected chi connectivity index (χ2v) is 6.12. The first-order valence-electron chi connectivity index (χ1n) is 8.09. The Kier molecular flexibility index (Phi) is 3.99. The third-order valence-corrected chi connectivity index (χ3v) is 4.55. The summed E-state index contributed by atoms with van der Waals surface area (Å²) in [6.07, 6.45) is -2.95. The van der Waals surface area contributed by atoms with E-state index in [-0.39, 0.29) is 18.5 Å². The number of aliphatic carboxylic acids is 1. The van der Waals surface area contributed by atoms with Crippen molar-refractivity contribution >= 4 is 11.9 Å². The molecule has 2 heterocycles. The molecule has 0 aromatic heterocycles. The number of amides is 1. The molecular weight excluding hydrogens is 322 g/mol. The van der Waals surface area contributed by atoms with Crippen molar-refractivity contribution < 1.29 is 24.2 Å². The first kappa shape index (κ1) is 15.8. The third kappa shape index (κ3) is 2.79. The number of benzene rings is 2. The van der Waals surface area contributed by atoms with Gasteiger partial charge in [-0.1, -0.05) is 60.7 Å². The van der Waals surface area contributed by atoms with Crippen molar-refractivity contribution in [3.8, 4) is 0 Å². The van der Waals surface area contributed by atoms with Crippen LogP contribution in [0.1, 0.15) is 17.2 Å². The van der Waals surface area contributed by atoms with E-state index in [1.165, 1.54) is 0 Å². The maximum Gasteiger partial charge on any atom is 0.335 e. The largest absolute Gasteiger partial charge is 0.479 e. The van der Waals surface area contributed by atoms with Gasteiger partial charge in [-0.15, -0.1) is 0 Å². The Morgan fingerprint density at radius 3 is 2.08 bits per heavy atom. The second-order valence-electron chi connectivity index (χ2n) is 6.12. The highest BCUT2D eigenvalue weighted by atomic mass is 16.7. The van der Waals surface area contributed by atoms with Gasteiger partial charge in [-0.3, -0.25) is 4.79 Å². The molecule has 2 aromatic carbocycles. The van der Waals surface area contributed by atoms with E-state index < -0.39 is 24.5 Å². The summed E-state index contributed by atoms with van der Waals surface area (Å²) in [5, 5.41) is 9.27. The normalized spacial score (nSPS) is 25.4. The number of morpholine rings is 1. The lowest BCUT2D eigenvalue weighted by Gasteiger charge is -2.37. The fraction of sp³-hybridized carbons (Fsp3) is 0.263. The molecule has 1 amide bonds. The molecule has 2 bridgehead atoms. The van der Waals surface area contributed by atoms with Gasteiger partial charge in [-0.2, -0.15) is 0 Å². The van der Waals surface area contributed by atoms with Crippen molar-refractivity contribution in [2.75, 3.05) is 6.54 Å². The van der Waals surface area contributed by atoms with E-state index in [9.17, 15) is 14.7 Å². The molecule has 6 heteroatoms. The molecule has 0 saturated carbocycles. The first-order valence-corrected chi connectivity index (χ1v) is 8.09. The maximum absolute atomic E-state index is 12.8. The second kappa shape index (κ2) is 6.31. The first-order chi connectivity index (χ1) is 12.1. The average Bonchev–Trinajstić information content (AvgIpc) is 3.01. The number of fused-ring (bicyclic) bond motifs is 2. The predicted octanol–water partition coefficient (Wildman–Crippen LogP) is 1.81. The summed E-state index contributed by atoms with van der Waals surface area (Å²) in [5.74, 6) is -1.46. The molecule has 128 valence electrons. The van der Waals surface area contributed by atoms with Crippen LogP contribution in [-0.4, -0.2) is 46.9 Å². The molecule has 0 aliphatic carbocycles. The van der Waals surface area contributed by atoms with E-state index >= 15 is 0 Å². The van der Waals surface area contributed by atoms with Crippen LogP contribution >= 0.6 is 0 Å². The molecule has 2 aliphatic heterocycles. The number of ether oxygens (including phenoxy) is 2. The highest BCUT2D eigenvalue weighted by molar-refractivity contribution is 5.84. The molecule has 2 saturated heterocycles. The zero-order valence-electron chi connectivity index (χ0n) is 13.3. The van der Waals surface area contributed by atoms with Gasteiger partial charge in [0, 0.05) is 0 Å². The summed E-state index contributed by atoms with van der Waals surface area (Å²) < 4.78 is 10.7. The minimum absolute atomic E-state index is 0.167. The quantitative estimate of drug-likeness (QED) is 0.919. The Balaban J connectivity index is 1.73. The molecule has 2 fully saturated rings. The summed E-state index contributed by atoms with van der Waals surface area (Å²) in [5.41, 5.74) is 1.91. The Bertz CT molecular complexity index is 739. The number of hydrogen-bond donors (Lipinski definition) is 1. The van der Waals surface area contributed by atoms with Gasteiger partial charge in [-0.05, 0) is 11.1 Å². The third-order valence-electron chi connectivity index (χ3n) is 4.55. The number of carbonyl (C=O) groups is 2. The Labute approximate surface area is 144 Å². The highest BCUT2D eigenvalue weighted by Crippen LogP contribution is 2.36. The van der Waals surface area contributed by atoms with E-state index in [0.29, 0.717) is 0 Å². The van der Waals surface area contributed by atoms with Crippen LogP contribution in [-0.2, 0) is 19.1 Å². The molecular formula is C19H17NO5. The van der Waals surface area contributed by atoms with Gasteiger partial charge in [-0.25, -0.2) is 4.79 Å². The van der Waals surface area contributed by atoms with Crippen LogP contribution in [0.3, 0.4) is 0 Å². The number of rotatable bonds is 4. The summed E-state index contributed by atoms with van der Waals surface area (Å²) in [6, 6.07) is 19.0. The summed E-state index contributed by atoms with van der Waals surface area (Å²) >= 11 is 0. The van der Waals surface area contributed by atoms with Gasteiger partial charge >= 0.3 is 5.97 Å². The van der Waals surface area contributed by atoms with Gasteiger partial charge in [0.1, 0.15) is 6.10 Å². The zero-order valence-corrected chi connectivity index (χ0v) is 13.3. The molecule has 1 N–H and O–H groups in total. The Hall–Kier alpha value is -2.70. The monoisotopic (exact) mass is 339 g/mol. The van der Waals surface area contributed by atoms with Crippen molar-refractivity contribution in [1.29, 1.82) is 0 Å². The lowest BCUT2D eigenvalue weighted by Crippen LogP contribution is -2.50. The lowest BCUT2D eigenvalue weighted by atomic mass is 9.96. The standard InChI is InChI=1S/C19H17NO5/c21-17-19-24-14(16(25-19)18(22)23)11-20(17)15(12-7-3-1-4-8-12)13-9-5-2-6-10-13/h1-10,14-16,19H,11H2,(H,22,23)/t14-,16+,19+/m1/s1. The van der Waals surface area contributed by atoms with E-state index in [2.05, 4.69) is 0 Å². The van der Waals surface area contributed by atoms with Crippen LogP contribution in [0.15, 0.2) is 60.7 Å². The maximum atomic E-state index is 12.8. The minimum Gasteiger partial charge on any atom is -0.479 e. The van der Waals surface area contributed by atoms with E-state index in [0.717, 1.165) is 11.1 Å². The highest BCUT2D eigenvalue weighted by Gasteiger charge is 2.52. The average molecular weight is 339 g/mol. The molecule has 4 rings (SSSR count). The van der Waals surface area contributed by atoms with Crippen molar-refractivity contribution in [2.45, 2.75) is 24.5 Å². The fourth-order valence-electron chi connectivity index (χ4n) is 3.43. The SMILES string of the molecule is O=C(O)[C@H]1O[C@@H]2O[C@@H]1CN(C(c1ccccc1)c1ccccc1)C2=O. The van der Waals surface area contributed by atoms with Gasteiger partial charge in [0.25, 0.3) is 5.91 Å². The van der Waals surface area contributed by atoms with Gasteiger partial charge < -0.3 is 19.5 Å². The van der Waals surface area contributed by atoms with Gasteiger partial charge in [0.05, 0.1) is 12.6 Å². The Morgan fingerprint density at radius 1 is 1.00 bits per heavy atom. The van der Waals surface area contributed by atoms with Crippen LogP contribution in [0.4, 0.5) is 0 Å². The number of nitrogens with zero attached hydrogens (tertiary/aromatic N) is 1. The van der Waals surface area contributed by atoms with Crippen molar-refractivity contribution in [3.63, 3.8) is 0 Å². The number of hydrogen-bond acceptors (Lipinski definition) is 4. The number of carbonyl (C=O) groups excluding carboxylic acids is 1. The molecule has 2 aromatic rings. The summed E-state index contributed by atoms with van der Waals surface area (Å²) in [7, 11) is 0. The summed E-state index contributed by atoms with van der Waals surface area (Å²) in [4.78, 5) is 25.8. The van der Waals surface area contributed by atoms with Crippen molar-refractivity contribution in [2.24, 2.45) is 0 Å². The molecule has 0 radical (unpaired) electrons. The van der Waals surface area contributed by atoms with Crippen LogP contribution < -0.4 is 0 Å². The lowest BCUT2D eigenvalue weighted by molar-refractivity contribution is -0.174. The topological polar surface area (TPSA) is 76.1 Å². The summed E-state index contributed by atoms with van der Waals surface area (Å²) in [6.45, 7) is 0.167. The smallest absolute Gasteiger partial charge is 0.335 e. The molecule has 25 heavy (non-hydrogen) atoms. The van der Waals surface area contributed by atoms with Crippen LogP contribution in [0.2, 0.25) is 0 Å². The molecule has 3 atom stereocenters. The molecule has 2 aliphatic rings. The van der Waals surface area contributed by atoms with E-state index in [1.54, 1.807) is 4.90 Å². The molecule has 0 unspecified atom stereocenters. The van der Waals surface area contributed by atoms with Gasteiger partial charge in [0.15, 0.2) is 6.10 Å². The fourth-order valence-corrected chi connectivity index (χ4v) is 3.43. The molecule has 0 spiro atoms. The molecule has 6 nitrogen and oxygen atoms in total. The van der Waals surface area contributed by atoms with E-state index in [1.807, 2.05) is 60.7 Å². The van der Waals surface area contributed by atoms with Crippen LogP contribution in [0, 0.1) is 0 Å². The van der Waals surface area contributed by atoms with Gasteiger partial charge in [0.2, 0.25) is 6.29 Å². The number of carboxylic acids is 1. The predicted molar refractivity (Wildman–Crippen MR) is 87.6 cm³/mol. The van der Waals surface area contributed by atoms with E-state index in [4.69, 9.17) is 9.47 Å².